The summed E-state index contributed by atoms with van der Waals surface area (Å²) in [6, 6.07) is 19.9. The first-order chi connectivity index (χ1) is 15.2. The molecule has 0 amide bonds. The van der Waals surface area contributed by atoms with Crippen LogP contribution in [0.3, 0.4) is 0 Å². The molecule has 0 heterocycles. The van der Waals surface area contributed by atoms with Gasteiger partial charge in [0.1, 0.15) is 5.75 Å². The maximum absolute atomic E-state index is 13.3. The van der Waals surface area contributed by atoms with Crippen molar-refractivity contribution in [2.45, 2.75) is 23.9 Å². The molecule has 3 rings (SSSR count). The molecule has 3 aromatic carbocycles. The highest BCUT2D eigenvalue weighted by molar-refractivity contribution is 7.92. The zero-order chi connectivity index (χ0) is 23.0. The predicted molar refractivity (Wildman–Crippen MR) is 119 cm³/mol. The normalized spacial score (nSPS) is 12.1. The van der Waals surface area contributed by atoms with Crippen LogP contribution in [0.1, 0.15) is 24.0 Å². The summed E-state index contributed by atoms with van der Waals surface area (Å²) in [7, 11) is -4.01. The van der Waals surface area contributed by atoms with Crippen molar-refractivity contribution in [1.29, 1.82) is 0 Å². The Morgan fingerprint density at radius 2 is 1.56 bits per heavy atom. The van der Waals surface area contributed by atoms with Crippen LogP contribution in [-0.4, -0.2) is 15.0 Å². The van der Waals surface area contributed by atoms with Gasteiger partial charge in [-0.1, -0.05) is 48.6 Å². The average Bonchev–Trinajstić information content (AvgIpc) is 2.76. The Morgan fingerprint density at radius 1 is 0.906 bits per heavy atom. The molecule has 0 radical (unpaired) electrons. The van der Waals surface area contributed by atoms with Crippen molar-refractivity contribution in [3.05, 3.63) is 96.1 Å². The number of para-hydroxylation sites is 1. The smallest absolute Gasteiger partial charge is 0.416 e. The average molecular weight is 462 g/mol. The lowest BCUT2D eigenvalue weighted by molar-refractivity contribution is -0.137. The molecule has 0 aliphatic heterocycles. The summed E-state index contributed by atoms with van der Waals surface area (Å²) >= 11 is 0. The van der Waals surface area contributed by atoms with Gasteiger partial charge in [0, 0.05) is 0 Å². The van der Waals surface area contributed by atoms with E-state index in [0.717, 1.165) is 17.9 Å². The topological polar surface area (TPSA) is 55.4 Å². The van der Waals surface area contributed by atoms with Crippen LogP contribution in [-0.2, 0) is 16.2 Å². The van der Waals surface area contributed by atoms with Gasteiger partial charge in [-0.15, -0.1) is 0 Å². The Kier molecular flexibility index (Phi) is 7.58. The molecule has 4 nitrogen and oxygen atoms in total. The summed E-state index contributed by atoms with van der Waals surface area (Å²) < 4.78 is 72.8. The lowest BCUT2D eigenvalue weighted by Gasteiger charge is -2.13. The van der Waals surface area contributed by atoms with Crippen molar-refractivity contribution in [1.82, 2.24) is 0 Å². The summed E-state index contributed by atoms with van der Waals surface area (Å²) in [5, 5.41) is 0. The van der Waals surface area contributed by atoms with E-state index in [0.29, 0.717) is 19.4 Å². The van der Waals surface area contributed by atoms with Crippen molar-refractivity contribution >= 4 is 21.8 Å². The third-order valence-electron chi connectivity index (χ3n) is 4.43. The van der Waals surface area contributed by atoms with E-state index >= 15 is 0 Å². The summed E-state index contributed by atoms with van der Waals surface area (Å²) in [4.78, 5) is -0.0343. The molecular weight excluding hydrogens is 439 g/mol. The third kappa shape index (κ3) is 6.88. The third-order valence-corrected chi connectivity index (χ3v) is 5.82. The SMILES string of the molecule is O=S(=O)(Nc1cc(/C=C/CCCOc2ccccc2)cc(C(F)(F)F)c1)c1ccccc1. The van der Waals surface area contributed by atoms with E-state index in [2.05, 4.69) is 4.72 Å². The van der Waals surface area contributed by atoms with Gasteiger partial charge in [0.25, 0.3) is 10.0 Å². The van der Waals surface area contributed by atoms with Gasteiger partial charge in [0.15, 0.2) is 0 Å². The van der Waals surface area contributed by atoms with E-state index in [4.69, 9.17) is 4.74 Å². The number of hydrogen-bond acceptors (Lipinski definition) is 3. The summed E-state index contributed by atoms with van der Waals surface area (Å²) in [5.41, 5.74) is -0.844. The summed E-state index contributed by atoms with van der Waals surface area (Å²) in [6.07, 6.45) is -0.0658. The van der Waals surface area contributed by atoms with Gasteiger partial charge < -0.3 is 4.74 Å². The van der Waals surface area contributed by atoms with Crippen molar-refractivity contribution < 1.29 is 26.3 Å². The fourth-order valence-electron chi connectivity index (χ4n) is 2.91. The van der Waals surface area contributed by atoms with Gasteiger partial charge in [-0.2, -0.15) is 13.2 Å². The van der Waals surface area contributed by atoms with E-state index < -0.39 is 21.8 Å². The molecule has 8 heteroatoms. The highest BCUT2D eigenvalue weighted by Crippen LogP contribution is 2.33. The van der Waals surface area contributed by atoms with Crippen molar-refractivity contribution in [2.24, 2.45) is 0 Å². The van der Waals surface area contributed by atoms with Crippen molar-refractivity contribution in [2.75, 3.05) is 11.3 Å². The second-order valence-electron chi connectivity index (χ2n) is 6.97. The number of rotatable bonds is 9. The molecule has 0 unspecified atom stereocenters. The van der Waals surface area contributed by atoms with E-state index in [9.17, 15) is 21.6 Å². The maximum atomic E-state index is 13.3. The van der Waals surface area contributed by atoms with E-state index in [1.54, 1.807) is 12.1 Å². The first-order valence-corrected chi connectivity index (χ1v) is 11.4. The lowest BCUT2D eigenvalue weighted by atomic mass is 10.1. The van der Waals surface area contributed by atoms with E-state index in [1.807, 2.05) is 30.3 Å². The van der Waals surface area contributed by atoms with Gasteiger partial charge >= 0.3 is 6.18 Å². The van der Waals surface area contributed by atoms with Gasteiger partial charge in [0.05, 0.1) is 22.8 Å². The number of unbranched alkanes of at least 4 members (excludes halogenated alkanes) is 1. The molecule has 0 aromatic heterocycles. The Balaban J connectivity index is 1.69. The monoisotopic (exact) mass is 461 g/mol. The highest BCUT2D eigenvalue weighted by Gasteiger charge is 2.31. The second-order valence-corrected chi connectivity index (χ2v) is 8.65. The van der Waals surface area contributed by atoms with Gasteiger partial charge in [0.2, 0.25) is 0 Å². The standard InChI is InChI=1S/C24H22F3NO3S/c25-24(26,27)20-16-19(10-4-3-9-15-31-22-11-5-1-6-12-22)17-21(18-20)28-32(29,30)23-13-7-2-8-14-23/h1-2,4-8,10-14,16-18,28H,3,9,15H2/b10-4+. The summed E-state index contributed by atoms with van der Waals surface area (Å²) in [5.74, 6) is 0.754. The number of hydrogen-bond donors (Lipinski definition) is 1. The first-order valence-electron chi connectivity index (χ1n) is 9.89. The van der Waals surface area contributed by atoms with Gasteiger partial charge in [-0.3, -0.25) is 4.72 Å². The lowest BCUT2D eigenvalue weighted by Crippen LogP contribution is -2.14. The number of halogens is 3. The van der Waals surface area contributed by atoms with E-state index in [-0.39, 0.29) is 16.1 Å². The Hall–Kier alpha value is -3.26. The molecule has 0 aliphatic carbocycles. The molecule has 168 valence electrons. The highest BCUT2D eigenvalue weighted by atomic mass is 32.2. The van der Waals surface area contributed by atoms with Crippen LogP contribution in [0.25, 0.3) is 6.08 Å². The van der Waals surface area contributed by atoms with Crippen LogP contribution in [0.2, 0.25) is 0 Å². The Morgan fingerprint density at radius 3 is 2.22 bits per heavy atom. The molecule has 32 heavy (non-hydrogen) atoms. The van der Waals surface area contributed by atoms with Crippen molar-refractivity contribution in [3.63, 3.8) is 0 Å². The minimum Gasteiger partial charge on any atom is -0.494 e. The molecule has 1 N–H and O–H groups in total. The molecule has 0 fully saturated rings. The van der Waals surface area contributed by atoms with E-state index in [1.165, 1.54) is 36.4 Å². The quantitative estimate of drug-likeness (QED) is 0.376. The number of anilines is 1. The van der Waals surface area contributed by atoms with Crippen LogP contribution in [0, 0.1) is 0 Å². The van der Waals surface area contributed by atoms with Crippen LogP contribution < -0.4 is 9.46 Å². The zero-order valence-corrected chi connectivity index (χ0v) is 17.9. The first kappa shape index (κ1) is 23.4. The Bertz CT molecular complexity index is 1150. The fraction of sp³-hybridized carbons (Fsp3) is 0.167. The fourth-order valence-corrected chi connectivity index (χ4v) is 3.97. The van der Waals surface area contributed by atoms with Crippen LogP contribution in [0.5, 0.6) is 5.75 Å². The molecule has 0 spiro atoms. The van der Waals surface area contributed by atoms with Gasteiger partial charge in [-0.05, 0) is 60.9 Å². The summed E-state index contributed by atoms with van der Waals surface area (Å²) in [6.45, 7) is 0.471. The predicted octanol–water partition coefficient (Wildman–Crippen LogP) is 6.38. The Labute approximate surface area is 185 Å². The number of benzene rings is 3. The largest absolute Gasteiger partial charge is 0.494 e. The number of allylic oxidation sites excluding steroid dienone is 1. The maximum Gasteiger partial charge on any atom is 0.416 e. The minimum absolute atomic E-state index is 0.0343. The molecule has 0 saturated carbocycles. The number of ether oxygens (including phenoxy) is 1. The molecular formula is C24H22F3NO3S. The van der Waals surface area contributed by atoms with Gasteiger partial charge in [-0.25, -0.2) is 8.42 Å². The molecule has 0 bridgehead atoms. The number of nitrogens with one attached hydrogen (secondary N) is 1. The van der Waals surface area contributed by atoms with Crippen molar-refractivity contribution in [3.8, 4) is 5.75 Å². The van der Waals surface area contributed by atoms with Crippen LogP contribution in [0.15, 0.2) is 89.8 Å². The second kappa shape index (κ2) is 10.4. The minimum atomic E-state index is -4.61. The molecule has 0 atom stereocenters. The number of alkyl halides is 3. The molecule has 0 aliphatic rings. The van der Waals surface area contributed by atoms with Crippen LogP contribution in [0.4, 0.5) is 18.9 Å². The molecule has 0 saturated heterocycles. The molecule has 3 aromatic rings. The number of sulfonamides is 1. The zero-order valence-electron chi connectivity index (χ0n) is 17.0. The van der Waals surface area contributed by atoms with Crippen LogP contribution >= 0.6 is 0 Å².